The lowest BCUT2D eigenvalue weighted by Crippen LogP contribution is -2.45. The monoisotopic (exact) mass is 406 g/mol. The van der Waals surface area contributed by atoms with Crippen molar-refractivity contribution in [1.29, 1.82) is 5.26 Å². The number of aryl methyl sites for hydroxylation is 1. The van der Waals surface area contributed by atoms with Gasteiger partial charge in [-0.15, -0.1) is 0 Å². The predicted octanol–water partition coefficient (Wildman–Crippen LogP) is 3.60. The zero-order valence-corrected chi connectivity index (χ0v) is 17.5. The Morgan fingerprint density at radius 3 is 2.90 bits per heavy atom. The van der Waals surface area contributed by atoms with Crippen molar-refractivity contribution in [3.05, 3.63) is 53.3 Å². The number of benzene rings is 1. The largest absolute Gasteiger partial charge is 0.494 e. The number of nitriles is 1. The van der Waals surface area contributed by atoms with Crippen LogP contribution >= 0.6 is 0 Å². The maximum atomic E-state index is 13.1. The van der Waals surface area contributed by atoms with Crippen molar-refractivity contribution >= 4 is 5.91 Å². The number of carbonyl (C=O) groups excluding carboxylic acids is 1. The smallest absolute Gasteiger partial charge is 0.270 e. The van der Waals surface area contributed by atoms with E-state index in [9.17, 15) is 4.79 Å². The van der Waals surface area contributed by atoms with Gasteiger partial charge in [-0.1, -0.05) is 18.6 Å². The number of amides is 1. The first kappa shape index (κ1) is 20.5. The molecular weight excluding hydrogens is 376 g/mol. The molecule has 1 amide bonds. The number of carbonyl (C=O) groups is 1. The molecule has 1 aromatic carbocycles. The van der Waals surface area contributed by atoms with Gasteiger partial charge in [-0.3, -0.25) is 9.69 Å². The van der Waals surface area contributed by atoms with Gasteiger partial charge in [0.25, 0.3) is 5.91 Å². The lowest BCUT2D eigenvalue weighted by molar-refractivity contribution is 0.0678. The molecule has 6 heteroatoms. The van der Waals surface area contributed by atoms with Crippen LogP contribution in [0.4, 0.5) is 0 Å². The minimum Gasteiger partial charge on any atom is -0.494 e. The minimum atomic E-state index is -0.0425. The molecule has 1 N–H and O–H groups in total. The van der Waals surface area contributed by atoms with Gasteiger partial charge in [0.1, 0.15) is 17.5 Å². The molecule has 30 heavy (non-hydrogen) atoms. The van der Waals surface area contributed by atoms with Crippen molar-refractivity contribution in [2.45, 2.75) is 44.6 Å². The molecule has 2 bridgehead atoms. The number of nitrogens with zero attached hydrogens (tertiary/aromatic N) is 3. The van der Waals surface area contributed by atoms with Gasteiger partial charge < -0.3 is 14.6 Å². The van der Waals surface area contributed by atoms with E-state index >= 15 is 0 Å². The summed E-state index contributed by atoms with van der Waals surface area (Å²) >= 11 is 0. The number of aromatic amines is 1. The quantitative estimate of drug-likeness (QED) is 0.785. The maximum absolute atomic E-state index is 13.1. The highest BCUT2D eigenvalue weighted by molar-refractivity contribution is 5.92. The van der Waals surface area contributed by atoms with Gasteiger partial charge in [0.05, 0.1) is 12.2 Å². The summed E-state index contributed by atoms with van der Waals surface area (Å²) in [5.41, 5.74) is 2.31. The van der Waals surface area contributed by atoms with Gasteiger partial charge >= 0.3 is 0 Å². The second-order valence-electron chi connectivity index (χ2n) is 8.28. The van der Waals surface area contributed by atoms with Gasteiger partial charge in [0.2, 0.25) is 0 Å². The van der Waals surface area contributed by atoms with Crippen LogP contribution in [-0.4, -0.2) is 59.5 Å². The van der Waals surface area contributed by atoms with E-state index in [-0.39, 0.29) is 5.91 Å². The first-order valence-electron chi connectivity index (χ1n) is 11.1. The molecule has 158 valence electrons. The molecular formula is C24H30N4O2. The molecule has 4 rings (SSSR count). The van der Waals surface area contributed by atoms with Crippen molar-refractivity contribution in [2.75, 3.05) is 32.8 Å². The summed E-state index contributed by atoms with van der Waals surface area (Å²) < 4.78 is 5.95. The average Bonchev–Trinajstić information content (AvgIpc) is 3.26. The Bertz CT molecular complexity index is 901. The number of hydrogen-bond donors (Lipinski definition) is 1. The van der Waals surface area contributed by atoms with E-state index in [4.69, 9.17) is 10.00 Å². The first-order chi connectivity index (χ1) is 14.7. The fraction of sp³-hybridized carbons (Fsp3) is 0.500. The number of H-pyrrole nitrogens is 1. The van der Waals surface area contributed by atoms with Crippen LogP contribution in [0, 0.1) is 11.3 Å². The van der Waals surface area contributed by atoms with Crippen LogP contribution in [0.2, 0.25) is 0 Å². The Morgan fingerprint density at radius 1 is 1.10 bits per heavy atom. The van der Waals surface area contributed by atoms with E-state index in [1.807, 2.05) is 11.0 Å². The molecule has 1 unspecified atom stereocenters. The highest BCUT2D eigenvalue weighted by Crippen LogP contribution is 2.23. The lowest BCUT2D eigenvalue weighted by Gasteiger charge is -2.37. The average molecular weight is 407 g/mol. The standard InChI is InChI=1S/C24H30N4O2/c25-17-20-16-23(26-18-20)24(29)28-11-4-14-30-22-7-3-5-19(15-22)8-9-21-6-1-2-10-27(21)12-13-28/h3,5,7,15-16,18,21,26H,1-2,4,6,8-14H2. The van der Waals surface area contributed by atoms with Gasteiger partial charge in [0.15, 0.2) is 0 Å². The summed E-state index contributed by atoms with van der Waals surface area (Å²) in [7, 11) is 0. The molecule has 0 aliphatic carbocycles. The fourth-order valence-electron chi connectivity index (χ4n) is 4.57. The molecule has 2 aliphatic heterocycles. The van der Waals surface area contributed by atoms with Crippen LogP contribution in [0.3, 0.4) is 0 Å². The van der Waals surface area contributed by atoms with Crippen molar-refractivity contribution in [3.8, 4) is 11.8 Å². The van der Waals surface area contributed by atoms with Crippen molar-refractivity contribution < 1.29 is 9.53 Å². The van der Waals surface area contributed by atoms with Crippen molar-refractivity contribution in [1.82, 2.24) is 14.8 Å². The summed E-state index contributed by atoms with van der Waals surface area (Å²) in [6.07, 6.45) is 8.30. The molecule has 1 saturated heterocycles. The van der Waals surface area contributed by atoms with E-state index in [0.717, 1.165) is 38.1 Å². The van der Waals surface area contributed by atoms with E-state index in [0.29, 0.717) is 37.0 Å². The van der Waals surface area contributed by atoms with Gasteiger partial charge in [0, 0.05) is 31.9 Å². The molecule has 6 nitrogen and oxygen atoms in total. The van der Waals surface area contributed by atoms with E-state index in [2.05, 4.69) is 34.2 Å². The number of ether oxygens (including phenoxy) is 1. The highest BCUT2D eigenvalue weighted by atomic mass is 16.5. The SMILES string of the molecule is N#Cc1c[nH]c(C(=O)N2CCCOc3cccc(c3)CCC3CCCCN3CC2)c1. The molecule has 1 fully saturated rings. The fourth-order valence-corrected chi connectivity index (χ4v) is 4.57. The molecule has 3 heterocycles. The molecule has 1 atom stereocenters. The van der Waals surface area contributed by atoms with Crippen LogP contribution in [0.1, 0.15) is 53.7 Å². The Hall–Kier alpha value is -2.78. The zero-order valence-electron chi connectivity index (χ0n) is 17.5. The van der Waals surface area contributed by atoms with Crippen LogP contribution in [0.5, 0.6) is 5.75 Å². The molecule has 0 radical (unpaired) electrons. The minimum absolute atomic E-state index is 0.0425. The third kappa shape index (κ3) is 5.03. The normalized spacial score (nSPS) is 21.0. The second kappa shape index (κ2) is 9.82. The summed E-state index contributed by atoms with van der Waals surface area (Å²) in [6, 6.07) is 12.7. The Balaban J connectivity index is 1.51. The van der Waals surface area contributed by atoms with Crippen LogP contribution < -0.4 is 4.74 Å². The topological polar surface area (TPSA) is 72.4 Å². The molecule has 0 spiro atoms. The molecule has 1 aromatic heterocycles. The Kier molecular flexibility index (Phi) is 6.70. The Labute approximate surface area is 178 Å². The van der Waals surface area contributed by atoms with Crippen molar-refractivity contribution in [2.24, 2.45) is 0 Å². The second-order valence-corrected chi connectivity index (χ2v) is 8.28. The van der Waals surface area contributed by atoms with Gasteiger partial charge in [-0.2, -0.15) is 5.26 Å². The van der Waals surface area contributed by atoms with E-state index in [1.165, 1.54) is 24.8 Å². The Morgan fingerprint density at radius 2 is 2.03 bits per heavy atom. The number of aromatic nitrogens is 1. The summed E-state index contributed by atoms with van der Waals surface area (Å²) in [4.78, 5) is 20.5. The number of hydrogen-bond acceptors (Lipinski definition) is 4. The van der Waals surface area contributed by atoms with Crippen LogP contribution in [0.15, 0.2) is 36.5 Å². The van der Waals surface area contributed by atoms with Crippen molar-refractivity contribution in [3.63, 3.8) is 0 Å². The lowest BCUT2D eigenvalue weighted by atomic mass is 9.95. The third-order valence-corrected chi connectivity index (χ3v) is 6.24. The predicted molar refractivity (Wildman–Crippen MR) is 115 cm³/mol. The summed E-state index contributed by atoms with van der Waals surface area (Å²) in [5, 5.41) is 9.07. The zero-order chi connectivity index (χ0) is 20.8. The molecule has 0 saturated carbocycles. The molecule has 2 aliphatic rings. The number of nitrogens with one attached hydrogen (secondary N) is 1. The third-order valence-electron chi connectivity index (χ3n) is 6.24. The van der Waals surface area contributed by atoms with E-state index in [1.54, 1.807) is 12.3 Å². The van der Waals surface area contributed by atoms with Gasteiger partial charge in [-0.25, -0.2) is 0 Å². The van der Waals surface area contributed by atoms with Gasteiger partial charge in [-0.05, 0) is 62.4 Å². The molecule has 2 aromatic rings. The number of fused-ring (bicyclic) bond motifs is 3. The first-order valence-corrected chi connectivity index (χ1v) is 11.1. The maximum Gasteiger partial charge on any atom is 0.270 e. The number of rotatable bonds is 1. The van der Waals surface area contributed by atoms with Crippen LogP contribution in [-0.2, 0) is 6.42 Å². The summed E-state index contributed by atoms with van der Waals surface area (Å²) in [5.74, 6) is 0.866. The van der Waals surface area contributed by atoms with E-state index < -0.39 is 0 Å². The summed E-state index contributed by atoms with van der Waals surface area (Å²) in [6.45, 7) is 3.91. The number of piperidine rings is 1. The highest BCUT2D eigenvalue weighted by Gasteiger charge is 2.24. The van der Waals surface area contributed by atoms with Crippen LogP contribution in [0.25, 0.3) is 0 Å².